The van der Waals surface area contributed by atoms with E-state index in [1.54, 1.807) is 11.6 Å². The number of hydrogen-bond acceptors (Lipinski definition) is 2. The van der Waals surface area contributed by atoms with E-state index >= 15 is 0 Å². The van der Waals surface area contributed by atoms with Crippen molar-refractivity contribution in [3.8, 4) is 0 Å². The highest BCUT2D eigenvalue weighted by Crippen LogP contribution is 2.10. The van der Waals surface area contributed by atoms with Gasteiger partial charge in [-0.15, -0.1) is 0 Å². The van der Waals surface area contributed by atoms with Crippen LogP contribution in [0.4, 0.5) is 0 Å². The largest absolute Gasteiger partial charge is 0.298 e. The predicted molar refractivity (Wildman–Crippen MR) is 47.1 cm³/mol. The summed E-state index contributed by atoms with van der Waals surface area (Å²) < 4.78 is 1.76. The summed E-state index contributed by atoms with van der Waals surface area (Å²) in [5.74, 6) is 0.140. The molecule has 1 aromatic rings. The first-order chi connectivity index (χ1) is 5.52. The zero-order chi connectivity index (χ0) is 9.30. The summed E-state index contributed by atoms with van der Waals surface area (Å²) in [5.41, 5.74) is 2.00. The second kappa shape index (κ2) is 3.09. The Morgan fingerprint density at radius 2 is 2.17 bits per heavy atom. The van der Waals surface area contributed by atoms with E-state index in [-0.39, 0.29) is 11.8 Å². The number of Topliss-reactive ketones (excluding diaryl/α,β-unsaturated/α-hetero) is 1. The minimum atomic E-state index is -0.140. The molecule has 1 rings (SSSR count). The SMILES string of the molecule is CC(=O)C(C)n1nc(C)cc1C. The van der Waals surface area contributed by atoms with Gasteiger partial charge in [0.2, 0.25) is 0 Å². The van der Waals surface area contributed by atoms with Gasteiger partial charge in [-0.3, -0.25) is 9.48 Å². The Kier molecular flexibility index (Phi) is 2.31. The average molecular weight is 166 g/mol. The molecule has 1 heterocycles. The normalized spacial score (nSPS) is 13.0. The molecule has 0 aliphatic heterocycles. The van der Waals surface area contributed by atoms with Crippen molar-refractivity contribution in [3.63, 3.8) is 0 Å². The lowest BCUT2D eigenvalue weighted by molar-refractivity contribution is -0.119. The first kappa shape index (κ1) is 8.97. The van der Waals surface area contributed by atoms with Crippen LogP contribution in [0.15, 0.2) is 6.07 Å². The van der Waals surface area contributed by atoms with Crippen LogP contribution < -0.4 is 0 Å². The van der Waals surface area contributed by atoms with Crippen LogP contribution in [-0.4, -0.2) is 15.6 Å². The van der Waals surface area contributed by atoms with Crippen LogP contribution in [0.1, 0.15) is 31.3 Å². The Morgan fingerprint density at radius 3 is 2.50 bits per heavy atom. The van der Waals surface area contributed by atoms with E-state index in [4.69, 9.17) is 0 Å². The highest BCUT2D eigenvalue weighted by Gasteiger charge is 2.12. The zero-order valence-electron chi connectivity index (χ0n) is 7.96. The minimum absolute atomic E-state index is 0.140. The number of aromatic nitrogens is 2. The van der Waals surface area contributed by atoms with Gasteiger partial charge in [-0.2, -0.15) is 5.10 Å². The number of carbonyl (C=O) groups is 1. The molecular weight excluding hydrogens is 152 g/mol. The molecule has 0 amide bonds. The quantitative estimate of drug-likeness (QED) is 0.669. The first-order valence-corrected chi connectivity index (χ1v) is 4.05. The van der Waals surface area contributed by atoms with Crippen LogP contribution in [0, 0.1) is 13.8 Å². The van der Waals surface area contributed by atoms with E-state index in [2.05, 4.69) is 5.10 Å². The minimum Gasteiger partial charge on any atom is -0.298 e. The molecule has 1 atom stereocenters. The van der Waals surface area contributed by atoms with Crippen molar-refractivity contribution in [2.75, 3.05) is 0 Å². The molecule has 66 valence electrons. The van der Waals surface area contributed by atoms with Crippen LogP contribution in [0.2, 0.25) is 0 Å². The van der Waals surface area contributed by atoms with Crippen LogP contribution >= 0.6 is 0 Å². The molecule has 0 spiro atoms. The van der Waals surface area contributed by atoms with Crippen molar-refractivity contribution < 1.29 is 4.79 Å². The average Bonchev–Trinajstić information content (AvgIpc) is 2.28. The van der Waals surface area contributed by atoms with Gasteiger partial charge in [0.05, 0.1) is 5.69 Å². The van der Waals surface area contributed by atoms with Crippen molar-refractivity contribution in [1.82, 2.24) is 9.78 Å². The van der Waals surface area contributed by atoms with Crippen LogP contribution in [0.25, 0.3) is 0 Å². The number of aryl methyl sites for hydroxylation is 2. The molecule has 1 aromatic heterocycles. The van der Waals surface area contributed by atoms with Crippen LogP contribution in [-0.2, 0) is 4.79 Å². The second-order valence-corrected chi connectivity index (χ2v) is 3.16. The topological polar surface area (TPSA) is 34.9 Å². The number of hydrogen-bond donors (Lipinski definition) is 0. The van der Waals surface area contributed by atoms with Crippen molar-refractivity contribution in [3.05, 3.63) is 17.5 Å². The Morgan fingerprint density at radius 1 is 1.58 bits per heavy atom. The molecule has 0 aliphatic rings. The van der Waals surface area contributed by atoms with Crippen LogP contribution in [0.5, 0.6) is 0 Å². The fourth-order valence-corrected chi connectivity index (χ4v) is 1.21. The van der Waals surface area contributed by atoms with Gasteiger partial charge in [-0.1, -0.05) is 0 Å². The third-order valence-corrected chi connectivity index (χ3v) is 2.00. The third-order valence-electron chi connectivity index (χ3n) is 2.00. The number of ketones is 1. The highest BCUT2D eigenvalue weighted by molar-refractivity contribution is 5.79. The Labute approximate surface area is 72.4 Å². The Hall–Kier alpha value is -1.12. The molecule has 0 radical (unpaired) electrons. The third kappa shape index (κ3) is 1.55. The molecule has 0 saturated carbocycles. The van der Waals surface area contributed by atoms with Gasteiger partial charge in [0.1, 0.15) is 6.04 Å². The van der Waals surface area contributed by atoms with E-state index in [1.165, 1.54) is 0 Å². The second-order valence-electron chi connectivity index (χ2n) is 3.16. The van der Waals surface area contributed by atoms with E-state index in [0.717, 1.165) is 11.4 Å². The molecule has 0 aliphatic carbocycles. The summed E-state index contributed by atoms with van der Waals surface area (Å²) in [6, 6.07) is 1.83. The Balaban J connectivity index is 3.02. The lowest BCUT2D eigenvalue weighted by Crippen LogP contribution is -2.15. The van der Waals surface area contributed by atoms with Gasteiger partial charge in [-0.05, 0) is 33.8 Å². The zero-order valence-corrected chi connectivity index (χ0v) is 7.96. The van der Waals surface area contributed by atoms with Crippen molar-refractivity contribution >= 4 is 5.78 Å². The Bertz CT molecular complexity index is 301. The lowest BCUT2D eigenvalue weighted by Gasteiger charge is -2.09. The van der Waals surface area contributed by atoms with Crippen LogP contribution in [0.3, 0.4) is 0 Å². The number of carbonyl (C=O) groups excluding carboxylic acids is 1. The molecule has 0 bridgehead atoms. The summed E-state index contributed by atoms with van der Waals surface area (Å²) in [6.07, 6.45) is 0. The fraction of sp³-hybridized carbons (Fsp3) is 0.556. The summed E-state index contributed by atoms with van der Waals surface area (Å²) in [7, 11) is 0. The maximum atomic E-state index is 11.0. The van der Waals surface area contributed by atoms with Gasteiger partial charge in [0.15, 0.2) is 5.78 Å². The molecule has 1 unspecified atom stereocenters. The van der Waals surface area contributed by atoms with Crippen molar-refractivity contribution in [2.24, 2.45) is 0 Å². The first-order valence-electron chi connectivity index (χ1n) is 4.05. The van der Waals surface area contributed by atoms with Crippen molar-refractivity contribution in [1.29, 1.82) is 0 Å². The van der Waals surface area contributed by atoms with E-state index in [0.29, 0.717) is 0 Å². The summed E-state index contributed by atoms with van der Waals surface area (Å²) in [5, 5.41) is 4.23. The molecule has 3 nitrogen and oxygen atoms in total. The smallest absolute Gasteiger partial charge is 0.154 e. The highest BCUT2D eigenvalue weighted by atomic mass is 16.1. The molecule has 3 heteroatoms. The summed E-state index contributed by atoms with van der Waals surface area (Å²) in [4.78, 5) is 11.0. The fourth-order valence-electron chi connectivity index (χ4n) is 1.21. The van der Waals surface area contributed by atoms with E-state index in [9.17, 15) is 4.79 Å². The predicted octanol–water partition coefficient (Wildman–Crippen LogP) is 1.65. The molecular formula is C9H14N2O. The molecule has 0 fully saturated rings. The summed E-state index contributed by atoms with van der Waals surface area (Å²) in [6.45, 7) is 7.33. The van der Waals surface area contributed by atoms with Crippen molar-refractivity contribution in [2.45, 2.75) is 33.7 Å². The van der Waals surface area contributed by atoms with E-state index < -0.39 is 0 Å². The number of nitrogens with zero attached hydrogens (tertiary/aromatic N) is 2. The summed E-state index contributed by atoms with van der Waals surface area (Å²) >= 11 is 0. The van der Waals surface area contributed by atoms with Gasteiger partial charge >= 0.3 is 0 Å². The lowest BCUT2D eigenvalue weighted by atomic mass is 10.2. The molecule has 0 aromatic carbocycles. The standard InChI is InChI=1S/C9H14N2O/c1-6-5-7(2)11(10-6)8(3)9(4)12/h5,8H,1-4H3. The van der Waals surface area contributed by atoms with E-state index in [1.807, 2.05) is 26.8 Å². The molecule has 0 N–H and O–H groups in total. The molecule has 12 heavy (non-hydrogen) atoms. The maximum absolute atomic E-state index is 11.0. The van der Waals surface area contributed by atoms with Gasteiger partial charge in [0, 0.05) is 5.69 Å². The van der Waals surface area contributed by atoms with Gasteiger partial charge in [-0.25, -0.2) is 0 Å². The maximum Gasteiger partial charge on any atom is 0.154 e. The molecule has 0 saturated heterocycles. The number of rotatable bonds is 2. The monoisotopic (exact) mass is 166 g/mol. The van der Waals surface area contributed by atoms with Gasteiger partial charge in [0.25, 0.3) is 0 Å². The van der Waals surface area contributed by atoms with Gasteiger partial charge < -0.3 is 0 Å².